The second kappa shape index (κ2) is 1210. The molecule has 0 heterocycles. The molecule has 0 fully saturated rings. The standard InChI is InChI=1S/CH4O.3H2O/c1-2;;;/h2H,1H3;3*1H2. The maximum absolute atomic E-state index is 7.00. The van der Waals surface area contributed by atoms with E-state index in [1.54, 1.807) is 0 Å². The van der Waals surface area contributed by atoms with Crippen LogP contribution in [-0.2, 0) is 0 Å². The molecule has 0 aromatic heterocycles. The Hall–Kier alpha value is -0.160. The van der Waals surface area contributed by atoms with Gasteiger partial charge in [-0.3, -0.25) is 0 Å². The Labute approximate surface area is 30.0 Å². The third-order valence-corrected chi connectivity index (χ3v) is 0. The molecule has 5 heavy (non-hydrogen) atoms. The normalized spacial score (nSPS) is 1.20. The summed E-state index contributed by atoms with van der Waals surface area (Å²) in [5, 5.41) is 7.00. The van der Waals surface area contributed by atoms with Crippen LogP contribution in [0.25, 0.3) is 0 Å². The zero-order valence-corrected chi connectivity index (χ0v) is 2.95. The van der Waals surface area contributed by atoms with Gasteiger partial charge in [-0.15, -0.1) is 0 Å². The van der Waals surface area contributed by atoms with Gasteiger partial charge in [0.15, 0.2) is 0 Å². The van der Waals surface area contributed by atoms with Crippen molar-refractivity contribution in [3.05, 3.63) is 0 Å². The summed E-state index contributed by atoms with van der Waals surface area (Å²) >= 11 is 0. The van der Waals surface area contributed by atoms with Crippen LogP contribution in [0.15, 0.2) is 0 Å². The second-order valence-electron chi connectivity index (χ2n) is 0. The fourth-order valence-electron chi connectivity index (χ4n) is 0. The van der Waals surface area contributed by atoms with Crippen LogP contribution in [0.1, 0.15) is 0 Å². The molecule has 0 aliphatic carbocycles. The predicted molar refractivity (Wildman–Crippen MR) is 19.0 cm³/mol. The van der Waals surface area contributed by atoms with E-state index in [0.29, 0.717) is 0 Å². The average molecular weight is 86.1 g/mol. The lowest BCUT2D eigenvalue weighted by Gasteiger charge is -1.21. The van der Waals surface area contributed by atoms with Gasteiger partial charge in [-0.25, -0.2) is 0 Å². The van der Waals surface area contributed by atoms with Crippen LogP contribution in [0, 0.1) is 0 Å². The van der Waals surface area contributed by atoms with Gasteiger partial charge in [0.2, 0.25) is 0 Å². The van der Waals surface area contributed by atoms with Crippen molar-refractivity contribution in [3.63, 3.8) is 0 Å². The molecule has 0 unspecified atom stereocenters. The summed E-state index contributed by atoms with van der Waals surface area (Å²) < 4.78 is 0. The van der Waals surface area contributed by atoms with Gasteiger partial charge in [0.05, 0.1) is 0 Å². The minimum absolute atomic E-state index is 0. The summed E-state index contributed by atoms with van der Waals surface area (Å²) in [5.74, 6) is 0. The van der Waals surface area contributed by atoms with E-state index < -0.39 is 0 Å². The molecule has 0 bridgehead atoms. The van der Waals surface area contributed by atoms with E-state index in [9.17, 15) is 0 Å². The molecule has 0 saturated heterocycles. The first-order valence-corrected chi connectivity index (χ1v) is 0.447. The molecule has 0 radical (unpaired) electrons. The summed E-state index contributed by atoms with van der Waals surface area (Å²) in [6, 6.07) is 0. The maximum atomic E-state index is 7.00. The summed E-state index contributed by atoms with van der Waals surface area (Å²) in [5.41, 5.74) is 0. The zero-order chi connectivity index (χ0) is 2.00. The minimum atomic E-state index is 0. The largest absolute Gasteiger partial charge is 0.412 e. The summed E-state index contributed by atoms with van der Waals surface area (Å²) in [7, 11) is 1.00. The van der Waals surface area contributed by atoms with Crippen molar-refractivity contribution in [2.24, 2.45) is 0 Å². The van der Waals surface area contributed by atoms with Crippen LogP contribution in [0.4, 0.5) is 0 Å². The Morgan fingerprint density at radius 3 is 0.800 bits per heavy atom. The van der Waals surface area contributed by atoms with E-state index in [0.717, 1.165) is 7.11 Å². The Balaban J connectivity index is -0.00000000167. The van der Waals surface area contributed by atoms with Gasteiger partial charge in [-0.2, -0.15) is 0 Å². The number of aliphatic hydroxyl groups is 1. The molecule has 0 spiro atoms. The first-order valence-electron chi connectivity index (χ1n) is 0.447. The Morgan fingerprint density at radius 1 is 0.800 bits per heavy atom. The van der Waals surface area contributed by atoms with Gasteiger partial charge in [0.1, 0.15) is 0 Å². The fourth-order valence-corrected chi connectivity index (χ4v) is 0. The second-order valence-corrected chi connectivity index (χ2v) is 0. The molecule has 38 valence electrons. The highest BCUT2D eigenvalue weighted by molar-refractivity contribution is 3.18. The highest BCUT2D eigenvalue weighted by atomic mass is 16.2. The highest BCUT2D eigenvalue weighted by Gasteiger charge is 0.839. The smallest absolute Gasteiger partial charge is 0.0319 e. The quantitative estimate of drug-likeness (QED) is 0.335. The Kier molecular flexibility index (Phi) is 24500. The van der Waals surface area contributed by atoms with Crippen molar-refractivity contribution >= 4 is 0 Å². The maximum Gasteiger partial charge on any atom is 0.0319 e. The molecule has 4 heteroatoms. The van der Waals surface area contributed by atoms with Crippen LogP contribution in [0.5, 0.6) is 0 Å². The van der Waals surface area contributed by atoms with Gasteiger partial charge < -0.3 is 21.5 Å². The first-order chi connectivity index (χ1) is 1.00. The van der Waals surface area contributed by atoms with Crippen molar-refractivity contribution in [1.29, 1.82) is 0 Å². The first kappa shape index (κ1) is 101. The SMILES string of the molecule is CO.O.O.O. The molecule has 0 saturated carbocycles. The molecule has 0 atom stereocenters. The van der Waals surface area contributed by atoms with E-state index in [1.165, 1.54) is 0 Å². The fraction of sp³-hybridized carbons (Fsp3) is 1.00. The average Bonchev–Trinajstić information content (AvgIpc) is 1.00. The van der Waals surface area contributed by atoms with E-state index in [2.05, 4.69) is 0 Å². The van der Waals surface area contributed by atoms with Crippen molar-refractivity contribution in [2.75, 3.05) is 7.11 Å². The van der Waals surface area contributed by atoms with Gasteiger partial charge in [-0.1, -0.05) is 0 Å². The van der Waals surface area contributed by atoms with Crippen molar-refractivity contribution in [3.8, 4) is 0 Å². The predicted octanol–water partition coefficient (Wildman–Crippen LogP) is -2.87. The molecule has 0 aromatic rings. The molecule has 0 aliphatic heterocycles. The van der Waals surface area contributed by atoms with Crippen LogP contribution in [-0.4, -0.2) is 28.6 Å². The summed E-state index contributed by atoms with van der Waals surface area (Å²) in [6.07, 6.45) is 0. The van der Waals surface area contributed by atoms with E-state index in [4.69, 9.17) is 5.11 Å². The van der Waals surface area contributed by atoms with Gasteiger partial charge in [0, 0.05) is 7.11 Å². The topological polar surface area (TPSA) is 115 Å². The molecule has 0 rings (SSSR count). The number of hydrogen-bond donors (Lipinski definition) is 1. The molecule has 0 amide bonds. The molecule has 0 aromatic carbocycles. The molecule has 0 aliphatic rings. The lowest BCUT2D eigenvalue weighted by Crippen LogP contribution is -1.25. The third kappa shape index (κ3) is 508. The Morgan fingerprint density at radius 2 is 0.800 bits per heavy atom. The zero-order valence-electron chi connectivity index (χ0n) is 2.95. The molecular weight excluding hydrogens is 76.0 g/mol. The number of aliphatic hydroxyl groups excluding tert-OH is 1. The highest BCUT2D eigenvalue weighted by Crippen LogP contribution is 0.755. The van der Waals surface area contributed by atoms with Crippen LogP contribution >= 0.6 is 0 Å². The third-order valence-electron chi connectivity index (χ3n) is 0. The number of rotatable bonds is 0. The molecule has 7 N–H and O–H groups in total. The van der Waals surface area contributed by atoms with Gasteiger partial charge in [0.25, 0.3) is 0 Å². The monoisotopic (exact) mass is 86.1 g/mol. The minimum Gasteiger partial charge on any atom is -0.412 e. The molecule has 4 nitrogen and oxygen atoms in total. The lowest BCUT2D eigenvalue weighted by atomic mass is 11.8. The molecular formula is CH10O4. The van der Waals surface area contributed by atoms with Gasteiger partial charge in [-0.05, 0) is 0 Å². The van der Waals surface area contributed by atoms with Gasteiger partial charge >= 0.3 is 0 Å². The summed E-state index contributed by atoms with van der Waals surface area (Å²) in [4.78, 5) is 0. The van der Waals surface area contributed by atoms with E-state index in [-0.39, 0.29) is 16.4 Å². The van der Waals surface area contributed by atoms with Crippen molar-refractivity contribution in [2.45, 2.75) is 0 Å². The van der Waals surface area contributed by atoms with Crippen LogP contribution in [0.3, 0.4) is 0 Å². The summed E-state index contributed by atoms with van der Waals surface area (Å²) in [6.45, 7) is 0. The van der Waals surface area contributed by atoms with Crippen molar-refractivity contribution < 1.29 is 21.5 Å². The van der Waals surface area contributed by atoms with Crippen LogP contribution < -0.4 is 0 Å². The van der Waals surface area contributed by atoms with Crippen LogP contribution in [0.2, 0.25) is 0 Å². The van der Waals surface area contributed by atoms with E-state index in [1.807, 2.05) is 0 Å². The van der Waals surface area contributed by atoms with Crippen molar-refractivity contribution in [1.82, 2.24) is 0 Å². The van der Waals surface area contributed by atoms with E-state index >= 15 is 0 Å². The lowest BCUT2D eigenvalue weighted by molar-refractivity contribution is 0.399. The Bertz CT molecular complexity index is 3.61. The number of hydrogen-bond acceptors (Lipinski definition) is 1.